The lowest BCUT2D eigenvalue weighted by atomic mass is 10.3. The molecule has 0 aromatic carbocycles. The molecule has 0 aliphatic carbocycles. The summed E-state index contributed by atoms with van der Waals surface area (Å²) in [7, 11) is 0. The topological polar surface area (TPSA) is 56.7 Å². The first-order valence-corrected chi connectivity index (χ1v) is 5.52. The van der Waals surface area contributed by atoms with Crippen molar-refractivity contribution in [3.8, 4) is 5.82 Å². The number of hydrogen-bond acceptors (Lipinski definition) is 3. The van der Waals surface area contributed by atoms with Crippen molar-refractivity contribution in [3.63, 3.8) is 0 Å². The molecule has 0 unspecified atom stereocenters. The zero-order valence-corrected chi connectivity index (χ0v) is 9.43. The minimum atomic E-state index is 0.527. The van der Waals surface area contributed by atoms with Gasteiger partial charge in [-0.15, -0.1) is 0 Å². The van der Waals surface area contributed by atoms with Crippen LogP contribution in [0.5, 0.6) is 0 Å². The molecule has 0 saturated carbocycles. The van der Waals surface area contributed by atoms with Crippen molar-refractivity contribution in [1.29, 1.82) is 0 Å². The SMILES string of the molecule is CCCc1nccn1-c1ccc(CN)cn1. The van der Waals surface area contributed by atoms with E-state index in [0.717, 1.165) is 30.0 Å². The quantitative estimate of drug-likeness (QED) is 0.846. The van der Waals surface area contributed by atoms with Crippen molar-refractivity contribution in [2.24, 2.45) is 5.73 Å². The Hall–Kier alpha value is -1.68. The third kappa shape index (κ3) is 2.12. The van der Waals surface area contributed by atoms with E-state index in [0.29, 0.717) is 6.54 Å². The van der Waals surface area contributed by atoms with Gasteiger partial charge >= 0.3 is 0 Å². The molecule has 0 aliphatic rings. The number of nitrogens with zero attached hydrogens (tertiary/aromatic N) is 3. The summed E-state index contributed by atoms with van der Waals surface area (Å²) in [5, 5.41) is 0. The first-order chi connectivity index (χ1) is 7.85. The number of imidazole rings is 1. The molecule has 2 N–H and O–H groups in total. The lowest BCUT2D eigenvalue weighted by Gasteiger charge is -2.06. The molecule has 2 heterocycles. The molecular formula is C12H16N4. The summed E-state index contributed by atoms with van der Waals surface area (Å²) in [4.78, 5) is 8.70. The van der Waals surface area contributed by atoms with Crippen LogP contribution in [-0.2, 0) is 13.0 Å². The normalized spacial score (nSPS) is 10.6. The molecule has 0 radical (unpaired) electrons. The summed E-state index contributed by atoms with van der Waals surface area (Å²) >= 11 is 0. The van der Waals surface area contributed by atoms with Crippen molar-refractivity contribution in [3.05, 3.63) is 42.1 Å². The highest BCUT2D eigenvalue weighted by Gasteiger charge is 2.04. The van der Waals surface area contributed by atoms with Crippen LogP contribution in [0.25, 0.3) is 5.82 Å². The molecule has 2 rings (SSSR count). The fraction of sp³-hybridized carbons (Fsp3) is 0.333. The van der Waals surface area contributed by atoms with Crippen LogP contribution in [0.15, 0.2) is 30.7 Å². The third-order valence-electron chi connectivity index (χ3n) is 2.48. The maximum absolute atomic E-state index is 5.54. The van der Waals surface area contributed by atoms with E-state index in [9.17, 15) is 0 Å². The smallest absolute Gasteiger partial charge is 0.137 e. The first kappa shape index (κ1) is 10.8. The molecule has 84 valence electrons. The van der Waals surface area contributed by atoms with Crippen LogP contribution in [0.4, 0.5) is 0 Å². The second-order valence-corrected chi connectivity index (χ2v) is 3.69. The largest absolute Gasteiger partial charge is 0.326 e. The average molecular weight is 216 g/mol. The van der Waals surface area contributed by atoms with Gasteiger partial charge in [-0.05, 0) is 18.1 Å². The van der Waals surface area contributed by atoms with E-state index < -0.39 is 0 Å². The van der Waals surface area contributed by atoms with Crippen molar-refractivity contribution >= 4 is 0 Å². The lowest BCUT2D eigenvalue weighted by Crippen LogP contribution is -2.03. The Bertz CT molecular complexity index is 444. The number of aromatic nitrogens is 3. The van der Waals surface area contributed by atoms with Crippen molar-refractivity contribution in [2.75, 3.05) is 0 Å². The van der Waals surface area contributed by atoms with Crippen molar-refractivity contribution in [1.82, 2.24) is 14.5 Å². The lowest BCUT2D eigenvalue weighted by molar-refractivity contribution is 0.797. The summed E-state index contributed by atoms with van der Waals surface area (Å²) in [5.74, 6) is 1.95. The molecule has 2 aromatic heterocycles. The maximum Gasteiger partial charge on any atom is 0.137 e. The van der Waals surface area contributed by atoms with E-state index >= 15 is 0 Å². The monoisotopic (exact) mass is 216 g/mol. The average Bonchev–Trinajstić information content (AvgIpc) is 2.78. The molecule has 0 aliphatic heterocycles. The fourth-order valence-corrected chi connectivity index (χ4v) is 1.63. The van der Waals surface area contributed by atoms with Crippen molar-refractivity contribution < 1.29 is 0 Å². The van der Waals surface area contributed by atoms with E-state index in [-0.39, 0.29) is 0 Å². The molecule has 4 nitrogen and oxygen atoms in total. The number of aryl methyl sites for hydroxylation is 1. The maximum atomic E-state index is 5.54. The molecule has 0 atom stereocenters. The predicted octanol–water partition coefficient (Wildman–Crippen LogP) is 1.68. The standard InChI is InChI=1S/C12H16N4/c1-2-3-11-14-6-7-16(11)12-5-4-10(8-13)9-15-12/h4-7,9H,2-3,8,13H2,1H3. The highest BCUT2D eigenvalue weighted by atomic mass is 15.1. The van der Waals surface area contributed by atoms with Gasteiger partial charge in [0.15, 0.2) is 0 Å². The van der Waals surface area contributed by atoms with E-state index in [4.69, 9.17) is 5.73 Å². The third-order valence-corrected chi connectivity index (χ3v) is 2.48. The minimum Gasteiger partial charge on any atom is -0.326 e. The summed E-state index contributed by atoms with van der Waals surface area (Å²) in [6, 6.07) is 3.97. The molecule has 16 heavy (non-hydrogen) atoms. The van der Waals surface area contributed by atoms with Gasteiger partial charge in [0.1, 0.15) is 11.6 Å². The summed E-state index contributed by atoms with van der Waals surface area (Å²) in [6.07, 6.45) is 7.61. The highest BCUT2D eigenvalue weighted by Crippen LogP contribution is 2.10. The molecule has 2 aromatic rings. The van der Waals surface area contributed by atoms with Gasteiger partial charge in [-0.1, -0.05) is 13.0 Å². The molecule has 0 fully saturated rings. The predicted molar refractivity (Wildman–Crippen MR) is 63.2 cm³/mol. The fourth-order valence-electron chi connectivity index (χ4n) is 1.63. The van der Waals surface area contributed by atoms with Gasteiger partial charge < -0.3 is 5.73 Å². The Morgan fingerprint density at radius 1 is 1.31 bits per heavy atom. The number of hydrogen-bond donors (Lipinski definition) is 1. The van der Waals surface area contributed by atoms with Gasteiger partial charge in [0.2, 0.25) is 0 Å². The van der Waals surface area contributed by atoms with Crippen LogP contribution < -0.4 is 5.73 Å². The van der Waals surface area contributed by atoms with Gasteiger partial charge in [0, 0.05) is 31.6 Å². The van der Waals surface area contributed by atoms with Gasteiger partial charge in [-0.3, -0.25) is 4.57 Å². The number of nitrogens with two attached hydrogens (primary N) is 1. The Labute approximate surface area is 95.1 Å². The Morgan fingerprint density at radius 3 is 2.81 bits per heavy atom. The Kier molecular flexibility index (Phi) is 3.31. The van der Waals surface area contributed by atoms with Gasteiger partial charge in [-0.25, -0.2) is 9.97 Å². The van der Waals surface area contributed by atoms with Gasteiger partial charge in [0.05, 0.1) is 0 Å². The molecule has 0 amide bonds. The van der Waals surface area contributed by atoms with Gasteiger partial charge in [0.25, 0.3) is 0 Å². The van der Waals surface area contributed by atoms with E-state index in [1.54, 1.807) is 0 Å². The summed E-state index contributed by atoms with van der Waals surface area (Å²) in [6.45, 7) is 2.67. The number of rotatable bonds is 4. The van der Waals surface area contributed by atoms with Crippen LogP contribution in [0.3, 0.4) is 0 Å². The molecule has 0 spiro atoms. The van der Waals surface area contributed by atoms with Crippen LogP contribution >= 0.6 is 0 Å². The molecule has 4 heteroatoms. The first-order valence-electron chi connectivity index (χ1n) is 5.52. The highest BCUT2D eigenvalue weighted by molar-refractivity contribution is 5.27. The van der Waals surface area contributed by atoms with Crippen LogP contribution in [-0.4, -0.2) is 14.5 Å². The zero-order chi connectivity index (χ0) is 11.4. The summed E-state index contributed by atoms with van der Waals surface area (Å²) < 4.78 is 2.02. The second-order valence-electron chi connectivity index (χ2n) is 3.69. The van der Waals surface area contributed by atoms with Crippen LogP contribution in [0, 0.1) is 0 Å². The Balaban J connectivity index is 2.31. The van der Waals surface area contributed by atoms with Gasteiger partial charge in [-0.2, -0.15) is 0 Å². The van der Waals surface area contributed by atoms with Crippen LogP contribution in [0.1, 0.15) is 24.7 Å². The Morgan fingerprint density at radius 2 is 2.19 bits per heavy atom. The minimum absolute atomic E-state index is 0.527. The van der Waals surface area contributed by atoms with Crippen molar-refractivity contribution in [2.45, 2.75) is 26.3 Å². The van der Waals surface area contributed by atoms with Crippen LogP contribution in [0.2, 0.25) is 0 Å². The molecular weight excluding hydrogens is 200 g/mol. The van der Waals surface area contributed by atoms with E-state index in [1.807, 2.05) is 35.3 Å². The second kappa shape index (κ2) is 4.90. The molecule has 0 bridgehead atoms. The summed E-state index contributed by atoms with van der Waals surface area (Å²) in [5.41, 5.74) is 6.58. The molecule has 0 saturated heterocycles. The number of pyridine rings is 1. The van der Waals surface area contributed by atoms with E-state index in [2.05, 4.69) is 16.9 Å². The van der Waals surface area contributed by atoms with E-state index in [1.165, 1.54) is 0 Å². The zero-order valence-electron chi connectivity index (χ0n) is 9.43.